The van der Waals surface area contributed by atoms with E-state index in [1.54, 1.807) is 0 Å². The third-order valence-electron chi connectivity index (χ3n) is 0.408. The number of rotatable bonds is 2. The Kier molecular flexibility index (Phi) is 17.7. The molecule has 0 saturated heterocycles. The summed E-state index contributed by atoms with van der Waals surface area (Å²) in [5, 5.41) is 0. The minimum absolute atomic E-state index is 0.891. The molecule has 0 radical (unpaired) electrons. The first-order valence-corrected chi connectivity index (χ1v) is 4.85. The number of halogens is 3. The fourth-order valence-corrected chi connectivity index (χ4v) is 0.842. The van der Waals surface area contributed by atoms with Gasteiger partial charge in [0.25, 0.3) is 0 Å². The van der Waals surface area contributed by atoms with Gasteiger partial charge in [-0.15, -0.1) is 0 Å². The summed E-state index contributed by atoms with van der Waals surface area (Å²) < 4.78 is 34.9. The molecule has 1 nitrogen and oxygen atoms in total. The summed E-state index contributed by atoms with van der Waals surface area (Å²) in [6.45, 7) is 2.91. The maximum Gasteiger partial charge on any atom is 0.762 e. The molecule has 0 spiro atoms. The molecule has 0 aromatic rings. The Morgan fingerprint density at radius 1 is 1.44 bits per heavy atom. The molecule has 0 aliphatic heterocycles. The van der Waals surface area contributed by atoms with Crippen molar-refractivity contribution in [3.8, 4) is 0 Å². The van der Waals surface area contributed by atoms with E-state index >= 15 is 0 Å². The van der Waals surface area contributed by atoms with Crippen molar-refractivity contribution in [1.82, 2.24) is 0 Å². The van der Waals surface area contributed by atoms with Gasteiger partial charge in [-0.2, -0.15) is 0 Å². The zero-order chi connectivity index (χ0) is 7.70. The van der Waals surface area contributed by atoms with E-state index in [0.29, 0.717) is 0 Å². The van der Waals surface area contributed by atoms with E-state index in [-0.39, 0.29) is 0 Å². The second-order valence-electron chi connectivity index (χ2n) is 1.03. The molecule has 0 bridgehead atoms. The van der Waals surface area contributed by atoms with Crippen LogP contribution in [0.1, 0.15) is 6.92 Å². The summed E-state index contributed by atoms with van der Waals surface area (Å²) in [5.41, 5.74) is 0. The predicted octanol–water partition coefficient (Wildman–Crippen LogP) is 1.03. The number of ether oxygens (including phenoxy) is 1. The van der Waals surface area contributed by atoms with Crippen molar-refractivity contribution < 1.29 is 17.7 Å². The van der Waals surface area contributed by atoms with Gasteiger partial charge in [0.1, 0.15) is 0 Å². The van der Waals surface area contributed by atoms with E-state index in [0.717, 1.165) is 56.3 Å². The molecular weight excluding hydrogens is 159 g/mol. The smallest absolute Gasteiger partial charge is 0.254 e. The number of hydrogen-bond donors (Lipinski definition) is 0. The molecule has 0 aliphatic carbocycles. The molecule has 0 amide bonds. The molecule has 0 saturated carbocycles. The van der Waals surface area contributed by atoms with Gasteiger partial charge < -0.3 is 0 Å². The summed E-state index contributed by atoms with van der Waals surface area (Å²) in [5.74, 6) is 0. The Labute approximate surface area is 87.1 Å². The van der Waals surface area contributed by atoms with Gasteiger partial charge >= 0.3 is 75.5 Å². The van der Waals surface area contributed by atoms with Crippen molar-refractivity contribution in [2.45, 2.75) is 6.92 Å². The van der Waals surface area contributed by atoms with Gasteiger partial charge in [0.2, 0.25) is 0 Å². The summed E-state index contributed by atoms with van der Waals surface area (Å²) in [4.78, 5) is 0. The molecule has 0 aromatic carbocycles. The zero-order valence-electron chi connectivity index (χ0n) is 5.53. The Morgan fingerprint density at radius 2 is 1.78 bits per heavy atom. The summed E-state index contributed by atoms with van der Waals surface area (Å²) in [6, 6.07) is 0. The van der Waals surface area contributed by atoms with E-state index in [1.165, 1.54) is 0 Å². The predicted molar refractivity (Wildman–Crippen MR) is 31.3 cm³/mol. The Morgan fingerprint density at radius 3 is 1.78 bits per heavy atom. The molecule has 50 valence electrons. The van der Waals surface area contributed by atoms with Gasteiger partial charge in [0.05, 0.1) is 0 Å². The monoisotopic (exact) mass is 166 g/mol. The average Bonchev–Trinajstić information content (AvgIpc) is 1.66. The van der Waals surface area contributed by atoms with Crippen LogP contribution in [0.5, 0.6) is 0 Å². The Balaban J connectivity index is 0. The molecule has 0 aromatic heterocycles. The minimum atomic E-state index is -3.67. The van der Waals surface area contributed by atoms with Crippen LogP contribution in [0.2, 0.25) is 0 Å². The summed E-state index contributed by atoms with van der Waals surface area (Å²) >= 11 is 0.892. The zero-order valence-corrected chi connectivity index (χ0v) is 8.66. The molecule has 0 unspecified atom stereocenters. The Bertz CT molecular complexity index is 43.3. The van der Waals surface area contributed by atoms with E-state index in [9.17, 15) is 12.9 Å². The van der Waals surface area contributed by atoms with Crippen LogP contribution in [0.3, 0.4) is 0 Å². The average molecular weight is 166 g/mol. The van der Waals surface area contributed by atoms with Crippen LogP contribution >= 0.6 is 0 Å². The van der Waals surface area contributed by atoms with Crippen LogP contribution in [0, 0.1) is 0 Å². The standard InChI is InChI=1S/C3H7O.BF3.K/c1-3-4-2;2-1(3)4;/h2-3H2,1H3;;. The maximum absolute atomic E-state index is 9.67. The third kappa shape index (κ3) is 44.1. The molecule has 0 rings (SSSR count). The van der Waals surface area contributed by atoms with Crippen molar-refractivity contribution in [2.75, 3.05) is 7.31 Å². The SMILES string of the molecule is CCO[CH2][K].FB(F)F. The molecule has 0 heterocycles. The molecule has 6 heteroatoms. The molecular formula is C3H7BF3KO. The first-order chi connectivity index (χ1) is 4.15. The van der Waals surface area contributed by atoms with Gasteiger partial charge in [-0.25, -0.2) is 0 Å². The molecule has 0 N–H and O–H groups in total. The van der Waals surface area contributed by atoms with E-state index in [1.807, 2.05) is 6.92 Å². The topological polar surface area (TPSA) is 9.23 Å². The second-order valence-corrected chi connectivity index (χ2v) is 1.93. The first-order valence-electron chi connectivity index (χ1n) is 2.65. The fraction of sp³-hybridized carbons (Fsp3) is 1.00. The normalized spacial score (nSPS) is 7.78. The van der Waals surface area contributed by atoms with Crippen molar-refractivity contribution in [3.05, 3.63) is 0 Å². The van der Waals surface area contributed by atoms with E-state index in [2.05, 4.69) is 0 Å². The van der Waals surface area contributed by atoms with Crippen molar-refractivity contribution in [3.63, 3.8) is 0 Å². The largest absolute Gasteiger partial charge is 0.762 e. The van der Waals surface area contributed by atoms with Gasteiger partial charge in [-0.05, 0) is 0 Å². The second kappa shape index (κ2) is 12.2. The van der Waals surface area contributed by atoms with Crippen LogP contribution in [0.25, 0.3) is 0 Å². The van der Waals surface area contributed by atoms with Crippen LogP contribution < -0.4 is 0 Å². The van der Waals surface area contributed by atoms with Gasteiger partial charge in [-0.3, -0.25) is 12.9 Å². The van der Waals surface area contributed by atoms with Crippen molar-refractivity contribution in [2.24, 2.45) is 0 Å². The van der Waals surface area contributed by atoms with Crippen molar-refractivity contribution in [1.29, 1.82) is 0 Å². The fourth-order valence-electron chi connectivity index (χ4n) is 0.204. The maximum atomic E-state index is 9.67. The Hall–Kier alpha value is 1.45. The summed E-state index contributed by atoms with van der Waals surface area (Å²) in [6.07, 6.45) is 0. The van der Waals surface area contributed by atoms with Gasteiger partial charge in [-0.1, -0.05) is 0 Å². The molecule has 9 heavy (non-hydrogen) atoms. The first kappa shape index (κ1) is 13.1. The quantitative estimate of drug-likeness (QED) is 0.556. The van der Waals surface area contributed by atoms with Crippen LogP contribution in [-0.2, 0) is 4.74 Å². The van der Waals surface area contributed by atoms with Gasteiger partial charge in [0, 0.05) is 0 Å². The van der Waals surface area contributed by atoms with Crippen molar-refractivity contribution >= 4 is 56.5 Å². The molecule has 0 atom stereocenters. The molecule has 0 aliphatic rings. The van der Waals surface area contributed by atoms with E-state index < -0.39 is 7.54 Å². The summed E-state index contributed by atoms with van der Waals surface area (Å²) in [7, 11) is -3.67. The van der Waals surface area contributed by atoms with Crippen LogP contribution in [-0.4, -0.2) is 63.8 Å². The van der Waals surface area contributed by atoms with Crippen LogP contribution in [0.15, 0.2) is 0 Å². The van der Waals surface area contributed by atoms with Crippen LogP contribution in [0.4, 0.5) is 12.9 Å². The van der Waals surface area contributed by atoms with Gasteiger partial charge in [0.15, 0.2) is 0 Å². The van der Waals surface area contributed by atoms with E-state index in [4.69, 9.17) is 4.74 Å². The minimum Gasteiger partial charge on any atom is -0.254 e. The third-order valence-corrected chi connectivity index (χ3v) is 1.05. The number of hydrogen-bond acceptors (Lipinski definition) is 1. The molecule has 0 fully saturated rings.